The third-order valence-electron chi connectivity index (χ3n) is 6.26. The first-order chi connectivity index (χ1) is 15.4. The van der Waals surface area contributed by atoms with E-state index in [0.29, 0.717) is 23.8 Å². The van der Waals surface area contributed by atoms with Gasteiger partial charge in [0.1, 0.15) is 0 Å². The molecule has 1 fully saturated rings. The van der Waals surface area contributed by atoms with Gasteiger partial charge in [-0.2, -0.15) is 0 Å². The molecule has 2 N–H and O–H groups in total. The number of aromatic nitrogens is 1. The predicted molar refractivity (Wildman–Crippen MR) is 134 cm³/mol. The molecule has 0 amide bonds. The van der Waals surface area contributed by atoms with E-state index in [0.717, 1.165) is 41.5 Å². The summed E-state index contributed by atoms with van der Waals surface area (Å²) < 4.78 is 5.88. The SMILES string of the molecule is Cc1ccc(C)c2[nH]c(=O)c(CN(C[C@@H]3CCCO3)C(=S)N[C@H](C)c3ccccc3)cc12. The van der Waals surface area contributed by atoms with Crippen molar-refractivity contribution in [1.29, 1.82) is 0 Å². The first-order valence-corrected chi connectivity index (χ1v) is 11.7. The van der Waals surface area contributed by atoms with Crippen molar-refractivity contribution in [2.75, 3.05) is 13.2 Å². The Kier molecular flexibility index (Phi) is 6.92. The lowest BCUT2D eigenvalue weighted by atomic mass is 10.0. The highest BCUT2D eigenvalue weighted by atomic mass is 32.1. The summed E-state index contributed by atoms with van der Waals surface area (Å²) in [7, 11) is 0. The molecule has 2 aromatic carbocycles. The van der Waals surface area contributed by atoms with Crippen LogP contribution in [0, 0.1) is 13.8 Å². The Labute approximate surface area is 194 Å². The molecule has 0 saturated carbocycles. The predicted octanol–water partition coefficient (Wildman–Crippen LogP) is 4.76. The average Bonchev–Trinajstić information content (AvgIpc) is 3.30. The summed E-state index contributed by atoms with van der Waals surface area (Å²) in [5.74, 6) is 0. The molecule has 4 rings (SSSR count). The Balaban J connectivity index is 1.60. The highest BCUT2D eigenvalue weighted by molar-refractivity contribution is 7.80. The molecule has 3 aromatic rings. The molecule has 0 aliphatic carbocycles. The fourth-order valence-corrected chi connectivity index (χ4v) is 4.61. The molecule has 0 radical (unpaired) electrons. The highest BCUT2D eigenvalue weighted by Gasteiger charge is 2.23. The maximum absolute atomic E-state index is 13.0. The topological polar surface area (TPSA) is 57.4 Å². The van der Waals surface area contributed by atoms with Crippen LogP contribution >= 0.6 is 12.2 Å². The van der Waals surface area contributed by atoms with Crippen LogP contribution < -0.4 is 10.9 Å². The number of benzene rings is 2. The zero-order valence-corrected chi connectivity index (χ0v) is 19.8. The molecule has 32 heavy (non-hydrogen) atoms. The van der Waals surface area contributed by atoms with Gasteiger partial charge in [-0.05, 0) is 68.6 Å². The second-order valence-electron chi connectivity index (χ2n) is 8.71. The van der Waals surface area contributed by atoms with E-state index in [9.17, 15) is 4.79 Å². The summed E-state index contributed by atoms with van der Waals surface area (Å²) >= 11 is 5.82. The summed E-state index contributed by atoms with van der Waals surface area (Å²) in [6.45, 7) is 8.07. The van der Waals surface area contributed by atoms with E-state index in [-0.39, 0.29) is 17.7 Å². The van der Waals surface area contributed by atoms with Crippen molar-refractivity contribution in [2.45, 2.75) is 52.3 Å². The van der Waals surface area contributed by atoms with Crippen molar-refractivity contribution in [1.82, 2.24) is 15.2 Å². The van der Waals surface area contributed by atoms with Gasteiger partial charge >= 0.3 is 0 Å². The maximum Gasteiger partial charge on any atom is 0.253 e. The summed E-state index contributed by atoms with van der Waals surface area (Å²) in [5, 5.41) is 5.17. The second kappa shape index (κ2) is 9.84. The molecule has 1 saturated heterocycles. The monoisotopic (exact) mass is 449 g/mol. The Morgan fingerprint density at radius 2 is 1.97 bits per heavy atom. The largest absolute Gasteiger partial charge is 0.376 e. The number of fused-ring (bicyclic) bond motifs is 1. The lowest BCUT2D eigenvalue weighted by molar-refractivity contribution is 0.0895. The molecule has 1 aromatic heterocycles. The smallest absolute Gasteiger partial charge is 0.253 e. The molecular formula is C26H31N3O2S. The van der Waals surface area contributed by atoms with Crippen molar-refractivity contribution in [3.05, 3.63) is 81.1 Å². The van der Waals surface area contributed by atoms with E-state index in [1.807, 2.05) is 37.3 Å². The van der Waals surface area contributed by atoms with Gasteiger partial charge in [-0.3, -0.25) is 4.79 Å². The highest BCUT2D eigenvalue weighted by Crippen LogP contribution is 2.21. The van der Waals surface area contributed by atoms with Crippen molar-refractivity contribution in [3.63, 3.8) is 0 Å². The van der Waals surface area contributed by atoms with Gasteiger partial charge in [-0.15, -0.1) is 0 Å². The van der Waals surface area contributed by atoms with Crippen LogP contribution in [0.2, 0.25) is 0 Å². The second-order valence-corrected chi connectivity index (χ2v) is 9.10. The first kappa shape index (κ1) is 22.5. The van der Waals surface area contributed by atoms with Gasteiger partial charge in [0.15, 0.2) is 5.11 Å². The summed E-state index contributed by atoms with van der Waals surface area (Å²) in [6.07, 6.45) is 2.21. The minimum absolute atomic E-state index is 0.0653. The third-order valence-corrected chi connectivity index (χ3v) is 6.63. The Morgan fingerprint density at radius 1 is 1.22 bits per heavy atom. The average molecular weight is 450 g/mol. The zero-order valence-electron chi connectivity index (χ0n) is 19.0. The van der Waals surface area contributed by atoms with E-state index in [4.69, 9.17) is 17.0 Å². The summed E-state index contributed by atoms with van der Waals surface area (Å²) in [6, 6.07) is 16.5. The number of nitrogens with zero attached hydrogens (tertiary/aromatic N) is 1. The molecule has 1 aliphatic heterocycles. The van der Waals surface area contributed by atoms with Gasteiger partial charge in [0.2, 0.25) is 0 Å². The van der Waals surface area contributed by atoms with Crippen LogP contribution in [-0.4, -0.2) is 34.3 Å². The fourth-order valence-electron chi connectivity index (χ4n) is 4.30. The van der Waals surface area contributed by atoms with E-state index >= 15 is 0 Å². The van der Waals surface area contributed by atoms with Crippen LogP contribution in [0.1, 0.15) is 48.1 Å². The van der Waals surface area contributed by atoms with Gasteiger partial charge < -0.3 is 19.9 Å². The Bertz CT molecular complexity index is 1150. The number of hydrogen-bond donors (Lipinski definition) is 2. The zero-order chi connectivity index (χ0) is 22.7. The summed E-state index contributed by atoms with van der Waals surface area (Å²) in [5.41, 5.74) is 4.93. The minimum atomic E-state index is -0.0672. The van der Waals surface area contributed by atoms with Crippen molar-refractivity contribution >= 4 is 28.2 Å². The first-order valence-electron chi connectivity index (χ1n) is 11.3. The molecule has 2 atom stereocenters. The molecule has 0 spiro atoms. The van der Waals surface area contributed by atoms with Gasteiger partial charge in [-0.1, -0.05) is 42.5 Å². The van der Waals surface area contributed by atoms with Crippen molar-refractivity contribution in [2.24, 2.45) is 0 Å². The number of aromatic amines is 1. The van der Waals surface area contributed by atoms with Crippen molar-refractivity contribution < 1.29 is 4.74 Å². The van der Waals surface area contributed by atoms with E-state index in [1.54, 1.807) is 0 Å². The molecule has 5 nitrogen and oxygen atoms in total. The van der Waals surface area contributed by atoms with Gasteiger partial charge in [-0.25, -0.2) is 0 Å². The molecular weight excluding hydrogens is 418 g/mol. The normalized spacial score (nSPS) is 16.8. The van der Waals surface area contributed by atoms with Crippen LogP contribution in [0.3, 0.4) is 0 Å². The molecule has 6 heteroatoms. The molecule has 168 valence electrons. The molecule has 0 unspecified atom stereocenters. The van der Waals surface area contributed by atoms with Crippen LogP contribution in [-0.2, 0) is 11.3 Å². The number of aryl methyl sites for hydroxylation is 2. The van der Waals surface area contributed by atoms with Crippen molar-refractivity contribution in [3.8, 4) is 0 Å². The lowest BCUT2D eigenvalue weighted by Gasteiger charge is -2.30. The van der Waals surface area contributed by atoms with E-state index in [2.05, 4.69) is 47.2 Å². The fraction of sp³-hybridized carbons (Fsp3) is 0.385. The van der Waals surface area contributed by atoms with Gasteiger partial charge in [0.05, 0.1) is 24.2 Å². The number of rotatable bonds is 6. The maximum atomic E-state index is 13.0. The Hall–Kier alpha value is -2.70. The van der Waals surface area contributed by atoms with E-state index < -0.39 is 0 Å². The number of hydrogen-bond acceptors (Lipinski definition) is 3. The molecule has 1 aliphatic rings. The van der Waals surface area contributed by atoms with Crippen LogP contribution in [0.4, 0.5) is 0 Å². The standard InChI is InChI=1S/C26H31N3O2S/c1-17-11-12-18(2)24-23(17)14-21(25(30)28-24)15-29(16-22-10-7-13-31-22)26(32)27-19(3)20-8-5-4-6-9-20/h4-6,8-9,11-12,14,19,22H,7,10,13,15-16H2,1-3H3,(H,27,32)(H,28,30)/t19-,22+/m1/s1. The number of pyridine rings is 1. The lowest BCUT2D eigenvalue weighted by Crippen LogP contribution is -2.44. The number of H-pyrrole nitrogens is 1. The van der Waals surface area contributed by atoms with E-state index in [1.165, 1.54) is 5.56 Å². The van der Waals surface area contributed by atoms with Gasteiger partial charge in [0, 0.05) is 24.1 Å². The summed E-state index contributed by atoms with van der Waals surface area (Å²) in [4.78, 5) is 18.1. The minimum Gasteiger partial charge on any atom is -0.376 e. The molecule has 2 heterocycles. The van der Waals surface area contributed by atoms with Crippen LogP contribution in [0.25, 0.3) is 10.9 Å². The number of ether oxygens (including phenoxy) is 1. The van der Waals surface area contributed by atoms with Crippen LogP contribution in [0.15, 0.2) is 53.3 Å². The Morgan fingerprint density at radius 3 is 2.69 bits per heavy atom. The van der Waals surface area contributed by atoms with Gasteiger partial charge in [0.25, 0.3) is 5.56 Å². The quantitative estimate of drug-likeness (QED) is 0.532. The third kappa shape index (κ3) is 5.03. The number of nitrogens with one attached hydrogen (secondary N) is 2. The number of thiocarbonyl (C=S) groups is 1. The molecule has 0 bridgehead atoms. The van der Waals surface area contributed by atoms with Crippen LogP contribution in [0.5, 0.6) is 0 Å².